The van der Waals surface area contributed by atoms with Crippen molar-refractivity contribution in [3.8, 4) is 17.2 Å². The monoisotopic (exact) mass is 474 g/mol. The van der Waals surface area contributed by atoms with E-state index in [1.165, 1.54) is 0 Å². The Morgan fingerprint density at radius 2 is 1.65 bits per heavy atom. The van der Waals surface area contributed by atoms with E-state index in [0.717, 1.165) is 17.5 Å². The Labute approximate surface area is 200 Å². The van der Waals surface area contributed by atoms with Crippen LogP contribution in [0.25, 0.3) is 11.5 Å². The zero-order valence-electron chi connectivity index (χ0n) is 18.4. The van der Waals surface area contributed by atoms with Crippen LogP contribution in [0.5, 0.6) is 5.75 Å². The summed E-state index contributed by atoms with van der Waals surface area (Å²) >= 11 is 1.13. The fourth-order valence-electron chi connectivity index (χ4n) is 3.07. The third-order valence-corrected chi connectivity index (χ3v) is 5.44. The summed E-state index contributed by atoms with van der Waals surface area (Å²) < 4.78 is 11.1. The number of nitrogens with zero attached hydrogens (tertiary/aromatic N) is 2. The molecule has 0 atom stereocenters. The molecule has 0 unspecified atom stereocenters. The SMILES string of the molecule is CCOc1ccc(NC(=O)CSc2nnc(-c3ccccc3NC(=O)c3ccccc3)o2)cc1. The Morgan fingerprint density at radius 3 is 2.41 bits per heavy atom. The molecule has 0 aliphatic rings. The van der Waals surface area contributed by atoms with Gasteiger partial charge in [0.1, 0.15) is 5.75 Å². The van der Waals surface area contributed by atoms with E-state index in [1.54, 1.807) is 66.7 Å². The van der Waals surface area contributed by atoms with Crippen LogP contribution in [0.4, 0.5) is 11.4 Å². The topological polar surface area (TPSA) is 106 Å². The fourth-order valence-corrected chi connectivity index (χ4v) is 3.63. The van der Waals surface area contributed by atoms with E-state index in [-0.39, 0.29) is 28.7 Å². The highest BCUT2D eigenvalue weighted by Gasteiger charge is 2.16. The zero-order chi connectivity index (χ0) is 23.8. The molecule has 34 heavy (non-hydrogen) atoms. The molecule has 0 fully saturated rings. The molecule has 2 N–H and O–H groups in total. The number of benzene rings is 3. The van der Waals surface area contributed by atoms with Crippen LogP contribution in [0.3, 0.4) is 0 Å². The van der Waals surface area contributed by atoms with E-state index >= 15 is 0 Å². The van der Waals surface area contributed by atoms with Crippen molar-refractivity contribution >= 4 is 35.0 Å². The van der Waals surface area contributed by atoms with E-state index in [2.05, 4.69) is 20.8 Å². The first-order chi connectivity index (χ1) is 16.6. The minimum Gasteiger partial charge on any atom is -0.494 e. The smallest absolute Gasteiger partial charge is 0.277 e. The first kappa shape index (κ1) is 23.1. The summed E-state index contributed by atoms with van der Waals surface area (Å²) in [6.45, 7) is 2.49. The number of hydrogen-bond acceptors (Lipinski definition) is 7. The van der Waals surface area contributed by atoms with Crippen molar-refractivity contribution in [3.05, 3.63) is 84.4 Å². The molecular formula is C25H22N4O4S. The summed E-state index contributed by atoms with van der Waals surface area (Å²) in [4.78, 5) is 24.8. The predicted octanol–water partition coefficient (Wildman–Crippen LogP) is 5.12. The lowest BCUT2D eigenvalue weighted by atomic mass is 10.1. The van der Waals surface area contributed by atoms with E-state index in [0.29, 0.717) is 29.1 Å². The molecule has 172 valence electrons. The van der Waals surface area contributed by atoms with Gasteiger partial charge in [-0.2, -0.15) is 0 Å². The third kappa shape index (κ3) is 6.02. The number of anilines is 2. The van der Waals surface area contributed by atoms with Gasteiger partial charge in [0.25, 0.3) is 17.0 Å². The van der Waals surface area contributed by atoms with Crippen molar-refractivity contribution in [1.29, 1.82) is 0 Å². The zero-order valence-corrected chi connectivity index (χ0v) is 19.2. The summed E-state index contributed by atoms with van der Waals surface area (Å²) in [5.74, 6) is 0.644. The number of rotatable bonds is 9. The van der Waals surface area contributed by atoms with Gasteiger partial charge in [-0.1, -0.05) is 42.1 Å². The predicted molar refractivity (Wildman–Crippen MR) is 131 cm³/mol. The molecule has 2 amide bonds. The number of carbonyl (C=O) groups excluding carboxylic acids is 2. The van der Waals surface area contributed by atoms with Gasteiger partial charge in [-0.05, 0) is 55.5 Å². The van der Waals surface area contributed by atoms with Gasteiger partial charge < -0.3 is 19.8 Å². The van der Waals surface area contributed by atoms with Crippen LogP contribution in [0.15, 0.2) is 88.5 Å². The summed E-state index contributed by atoms with van der Waals surface area (Å²) in [6.07, 6.45) is 0. The van der Waals surface area contributed by atoms with Gasteiger partial charge in [-0.3, -0.25) is 9.59 Å². The standard InChI is InChI=1S/C25H22N4O4S/c1-2-32-19-14-12-18(13-15-19)26-22(30)16-34-25-29-28-24(33-25)20-10-6-7-11-21(20)27-23(31)17-8-4-3-5-9-17/h3-15H,2,16H2,1H3,(H,26,30)(H,27,31). The molecule has 9 heteroatoms. The molecule has 0 radical (unpaired) electrons. The molecule has 0 aliphatic heterocycles. The van der Waals surface area contributed by atoms with Crippen molar-refractivity contribution in [2.75, 3.05) is 23.0 Å². The Hall–Kier alpha value is -4.11. The number of nitrogens with one attached hydrogen (secondary N) is 2. The average Bonchev–Trinajstić information content (AvgIpc) is 3.34. The molecule has 8 nitrogen and oxygen atoms in total. The van der Waals surface area contributed by atoms with Crippen molar-refractivity contribution < 1.29 is 18.7 Å². The number of hydrogen-bond donors (Lipinski definition) is 2. The van der Waals surface area contributed by atoms with Crippen molar-refractivity contribution in [2.24, 2.45) is 0 Å². The maximum atomic E-state index is 12.5. The van der Waals surface area contributed by atoms with Crippen LogP contribution in [0.2, 0.25) is 0 Å². The van der Waals surface area contributed by atoms with Crippen LogP contribution in [-0.4, -0.2) is 34.4 Å². The largest absolute Gasteiger partial charge is 0.494 e. The second-order valence-electron chi connectivity index (χ2n) is 7.03. The summed E-state index contributed by atoms with van der Waals surface area (Å²) in [5, 5.41) is 14.0. The Bertz CT molecular complexity index is 1260. The minimum atomic E-state index is -0.242. The normalized spacial score (nSPS) is 10.5. The maximum Gasteiger partial charge on any atom is 0.277 e. The number of carbonyl (C=O) groups is 2. The first-order valence-electron chi connectivity index (χ1n) is 10.6. The van der Waals surface area contributed by atoms with Gasteiger partial charge in [0, 0.05) is 11.3 Å². The number of ether oxygens (including phenoxy) is 1. The number of thioether (sulfide) groups is 1. The number of aromatic nitrogens is 2. The van der Waals surface area contributed by atoms with Crippen LogP contribution in [-0.2, 0) is 4.79 Å². The van der Waals surface area contributed by atoms with Gasteiger partial charge in [-0.15, -0.1) is 10.2 Å². The highest BCUT2D eigenvalue weighted by Crippen LogP contribution is 2.29. The molecule has 4 rings (SSSR count). The van der Waals surface area contributed by atoms with Crippen LogP contribution in [0, 0.1) is 0 Å². The third-order valence-electron chi connectivity index (χ3n) is 4.62. The van der Waals surface area contributed by atoms with Crippen molar-refractivity contribution in [1.82, 2.24) is 10.2 Å². The van der Waals surface area contributed by atoms with Crippen LogP contribution < -0.4 is 15.4 Å². The fraction of sp³-hybridized carbons (Fsp3) is 0.120. The maximum absolute atomic E-state index is 12.5. The van der Waals surface area contributed by atoms with E-state index in [1.807, 2.05) is 19.1 Å². The van der Waals surface area contributed by atoms with Crippen molar-refractivity contribution in [2.45, 2.75) is 12.1 Å². The lowest BCUT2D eigenvalue weighted by Crippen LogP contribution is -2.13. The molecule has 0 aliphatic carbocycles. The molecule has 0 bridgehead atoms. The highest BCUT2D eigenvalue weighted by atomic mass is 32.2. The molecule has 0 spiro atoms. The number of para-hydroxylation sites is 1. The average molecular weight is 475 g/mol. The molecule has 4 aromatic rings. The Morgan fingerprint density at radius 1 is 0.912 bits per heavy atom. The molecule has 1 heterocycles. The molecule has 1 aromatic heterocycles. The lowest BCUT2D eigenvalue weighted by molar-refractivity contribution is -0.113. The van der Waals surface area contributed by atoms with Crippen LogP contribution >= 0.6 is 11.8 Å². The van der Waals surface area contributed by atoms with E-state index in [4.69, 9.17) is 9.15 Å². The summed E-state index contributed by atoms with van der Waals surface area (Å²) in [7, 11) is 0. The highest BCUT2D eigenvalue weighted by molar-refractivity contribution is 7.99. The molecule has 3 aromatic carbocycles. The van der Waals surface area contributed by atoms with Crippen LogP contribution in [0.1, 0.15) is 17.3 Å². The Kier molecular flexibility index (Phi) is 7.56. The van der Waals surface area contributed by atoms with E-state index in [9.17, 15) is 9.59 Å². The summed E-state index contributed by atoms with van der Waals surface area (Å²) in [5.41, 5.74) is 2.34. The second-order valence-corrected chi connectivity index (χ2v) is 7.96. The minimum absolute atomic E-state index is 0.0984. The van der Waals surface area contributed by atoms with Gasteiger partial charge >= 0.3 is 0 Å². The molecular weight excluding hydrogens is 452 g/mol. The number of amides is 2. The summed E-state index contributed by atoms with van der Waals surface area (Å²) in [6, 6.07) is 23.2. The van der Waals surface area contributed by atoms with E-state index < -0.39 is 0 Å². The van der Waals surface area contributed by atoms with Gasteiger partial charge in [0.2, 0.25) is 5.91 Å². The van der Waals surface area contributed by atoms with Gasteiger partial charge in [0.05, 0.1) is 23.6 Å². The molecule has 0 saturated heterocycles. The second kappa shape index (κ2) is 11.2. The Balaban J connectivity index is 1.37. The van der Waals surface area contributed by atoms with Crippen molar-refractivity contribution in [3.63, 3.8) is 0 Å². The van der Waals surface area contributed by atoms with Gasteiger partial charge in [-0.25, -0.2) is 0 Å². The quantitative estimate of drug-likeness (QED) is 0.324. The van der Waals surface area contributed by atoms with Gasteiger partial charge in [0.15, 0.2) is 0 Å². The lowest BCUT2D eigenvalue weighted by Gasteiger charge is -2.08. The molecule has 0 saturated carbocycles. The first-order valence-corrected chi connectivity index (χ1v) is 11.6.